The first-order valence-electron chi connectivity index (χ1n) is 13.2. The van der Waals surface area contributed by atoms with Gasteiger partial charge in [0, 0.05) is 32.4 Å². The van der Waals surface area contributed by atoms with E-state index >= 15 is 0 Å². The van der Waals surface area contributed by atoms with Gasteiger partial charge in [0.1, 0.15) is 24.6 Å². The normalized spacial score (nSPS) is 14.3. The Labute approximate surface area is 223 Å². The molecule has 2 unspecified atom stereocenters. The lowest BCUT2D eigenvalue weighted by atomic mass is 10.1. The number of alkyl carbamates (subject to hydrolysis) is 1. The Balaban J connectivity index is 1.47. The third kappa shape index (κ3) is 10.3. The summed E-state index contributed by atoms with van der Waals surface area (Å²) in [5.41, 5.74) is 3.08. The van der Waals surface area contributed by atoms with Crippen LogP contribution in [-0.4, -0.2) is 79.2 Å². The van der Waals surface area contributed by atoms with Crippen molar-refractivity contribution in [1.82, 2.24) is 15.2 Å². The summed E-state index contributed by atoms with van der Waals surface area (Å²) in [5.74, 6) is -0.188. The molecule has 0 aliphatic carbocycles. The molecule has 2 atom stereocenters. The largest absolute Gasteiger partial charge is 0.480 e. The smallest absolute Gasteiger partial charge is 0.408 e. The van der Waals surface area contributed by atoms with Gasteiger partial charge in [-0.15, -0.1) is 0 Å². The van der Waals surface area contributed by atoms with Gasteiger partial charge in [0.15, 0.2) is 0 Å². The highest BCUT2D eigenvalue weighted by molar-refractivity contribution is 5.79. The van der Waals surface area contributed by atoms with Crippen molar-refractivity contribution in [3.63, 3.8) is 0 Å². The Morgan fingerprint density at radius 2 is 2.00 bits per heavy atom. The molecule has 2 aromatic rings. The number of nitrogens with one attached hydrogen (secondary N) is 2. The number of carboxylic acids is 1. The monoisotopic (exact) mass is 530 g/mol. The zero-order chi connectivity index (χ0) is 27.2. The molecule has 3 rings (SSSR count). The number of fused-ring (bicyclic) bond motifs is 1. The number of hydrogen-bond acceptors (Lipinski definition) is 7. The van der Waals surface area contributed by atoms with Gasteiger partial charge < -0.3 is 30.1 Å². The van der Waals surface area contributed by atoms with E-state index in [2.05, 4.69) is 22.8 Å². The van der Waals surface area contributed by atoms with Crippen molar-refractivity contribution in [3.05, 3.63) is 59.3 Å². The van der Waals surface area contributed by atoms with Gasteiger partial charge in [-0.25, -0.2) is 19.0 Å². The number of carboxylic acid groups (broad SMARTS) is 1. The average Bonchev–Trinajstić information content (AvgIpc) is 2.92. The summed E-state index contributed by atoms with van der Waals surface area (Å²) in [5, 5.41) is 15.4. The third-order valence-corrected chi connectivity index (χ3v) is 6.45. The Kier molecular flexibility index (Phi) is 12.3. The maximum atomic E-state index is 14.4. The van der Waals surface area contributed by atoms with E-state index in [-0.39, 0.29) is 26.2 Å². The highest BCUT2D eigenvalue weighted by Crippen LogP contribution is 2.20. The van der Waals surface area contributed by atoms with Crippen LogP contribution in [-0.2, 0) is 33.7 Å². The standard InChI is InChI=1S/C28H39FN4O5/c1-37-20-23(29)18-33(16-6-5-11-24-13-12-22-10-7-15-30-26(22)31-24)17-14-25(27(34)35)32-28(36)38-19-21-8-3-2-4-9-21/h2-4,8-9,12-13,23,25H,5-7,10-11,14-20H2,1H3,(H,30,31)(H,32,36)(H,34,35). The number of nitrogens with zero attached hydrogens (tertiary/aromatic N) is 2. The molecule has 1 amide bonds. The van der Waals surface area contributed by atoms with Crippen LogP contribution < -0.4 is 10.6 Å². The second-order valence-electron chi connectivity index (χ2n) is 9.54. The number of aryl methyl sites for hydroxylation is 2. The number of carbonyl (C=O) groups is 2. The van der Waals surface area contributed by atoms with E-state index < -0.39 is 24.3 Å². The predicted octanol–water partition coefficient (Wildman–Crippen LogP) is 3.82. The van der Waals surface area contributed by atoms with Crippen LogP contribution in [0.25, 0.3) is 0 Å². The summed E-state index contributed by atoms with van der Waals surface area (Å²) in [4.78, 5) is 30.6. The van der Waals surface area contributed by atoms with Crippen molar-refractivity contribution in [3.8, 4) is 0 Å². The molecular weight excluding hydrogens is 491 g/mol. The number of aliphatic carboxylic acids is 1. The highest BCUT2D eigenvalue weighted by Gasteiger charge is 2.23. The topological polar surface area (TPSA) is 113 Å². The first-order chi connectivity index (χ1) is 18.4. The molecule has 10 heteroatoms. The van der Waals surface area contributed by atoms with Gasteiger partial charge in [-0.05, 0) is 62.3 Å². The maximum Gasteiger partial charge on any atom is 0.408 e. The molecule has 1 aliphatic heterocycles. The van der Waals surface area contributed by atoms with E-state index in [1.807, 2.05) is 35.2 Å². The van der Waals surface area contributed by atoms with Crippen LogP contribution in [0.5, 0.6) is 0 Å². The number of amides is 1. The van der Waals surface area contributed by atoms with Crippen molar-refractivity contribution in [1.29, 1.82) is 0 Å². The number of rotatable bonds is 16. The van der Waals surface area contributed by atoms with Crippen molar-refractivity contribution in [2.45, 2.75) is 57.3 Å². The maximum absolute atomic E-state index is 14.4. The highest BCUT2D eigenvalue weighted by atomic mass is 19.1. The fourth-order valence-electron chi connectivity index (χ4n) is 4.43. The zero-order valence-electron chi connectivity index (χ0n) is 22.0. The molecule has 1 aromatic heterocycles. The minimum absolute atomic E-state index is 0.0328. The molecule has 0 spiro atoms. The molecule has 3 N–H and O–H groups in total. The van der Waals surface area contributed by atoms with E-state index in [0.717, 1.165) is 55.7 Å². The molecule has 1 aliphatic rings. The van der Waals surface area contributed by atoms with Gasteiger partial charge in [0.2, 0.25) is 0 Å². The average molecular weight is 531 g/mol. The predicted molar refractivity (Wildman–Crippen MR) is 143 cm³/mol. The lowest BCUT2D eigenvalue weighted by Gasteiger charge is -2.25. The fraction of sp³-hybridized carbons (Fsp3) is 0.536. The van der Waals surface area contributed by atoms with Crippen LogP contribution in [0.3, 0.4) is 0 Å². The number of halogens is 1. The second kappa shape index (κ2) is 15.9. The van der Waals surface area contributed by atoms with Gasteiger partial charge >= 0.3 is 12.1 Å². The Bertz CT molecular complexity index is 1010. The van der Waals surface area contributed by atoms with Crippen LogP contribution in [0.4, 0.5) is 15.0 Å². The molecule has 0 saturated carbocycles. The van der Waals surface area contributed by atoms with E-state index in [4.69, 9.17) is 14.5 Å². The quantitative estimate of drug-likeness (QED) is 0.281. The van der Waals surface area contributed by atoms with Gasteiger partial charge in [-0.2, -0.15) is 0 Å². The van der Waals surface area contributed by atoms with Crippen LogP contribution >= 0.6 is 0 Å². The van der Waals surface area contributed by atoms with Crippen molar-refractivity contribution in [2.75, 3.05) is 45.2 Å². The van der Waals surface area contributed by atoms with Crippen LogP contribution in [0, 0.1) is 0 Å². The lowest BCUT2D eigenvalue weighted by Crippen LogP contribution is -2.44. The van der Waals surface area contributed by atoms with E-state index in [1.165, 1.54) is 12.7 Å². The minimum Gasteiger partial charge on any atom is -0.480 e. The Hall–Kier alpha value is -3.24. The molecule has 38 heavy (non-hydrogen) atoms. The molecule has 0 fully saturated rings. The summed E-state index contributed by atoms with van der Waals surface area (Å²) in [6.45, 7) is 1.98. The summed E-state index contributed by atoms with van der Waals surface area (Å²) < 4.78 is 24.4. The van der Waals surface area contributed by atoms with Crippen molar-refractivity contribution in [2.24, 2.45) is 0 Å². The number of alkyl halides is 1. The zero-order valence-corrected chi connectivity index (χ0v) is 22.0. The molecule has 208 valence electrons. The minimum atomic E-state index is -1.19. The number of unbranched alkanes of at least 4 members (excludes halogenated alkanes) is 1. The summed E-state index contributed by atoms with van der Waals surface area (Å²) in [7, 11) is 1.45. The van der Waals surface area contributed by atoms with E-state index in [0.29, 0.717) is 13.1 Å². The second-order valence-corrected chi connectivity index (χ2v) is 9.54. The summed E-state index contributed by atoms with van der Waals surface area (Å²) >= 11 is 0. The van der Waals surface area contributed by atoms with Crippen LogP contribution in [0.15, 0.2) is 42.5 Å². The molecular formula is C28H39FN4O5. The third-order valence-electron chi connectivity index (χ3n) is 6.45. The number of carbonyl (C=O) groups excluding carboxylic acids is 1. The van der Waals surface area contributed by atoms with Crippen LogP contribution in [0.1, 0.15) is 42.5 Å². The summed E-state index contributed by atoms with van der Waals surface area (Å²) in [6.07, 6.45) is 2.78. The number of anilines is 1. The molecule has 9 nitrogen and oxygen atoms in total. The molecule has 2 heterocycles. The fourth-order valence-corrected chi connectivity index (χ4v) is 4.43. The van der Waals surface area contributed by atoms with E-state index in [9.17, 15) is 19.1 Å². The molecule has 1 aromatic carbocycles. The molecule has 0 bridgehead atoms. The van der Waals surface area contributed by atoms with Gasteiger partial charge in [0.25, 0.3) is 0 Å². The number of methoxy groups -OCH3 is 1. The number of benzene rings is 1. The van der Waals surface area contributed by atoms with Crippen LogP contribution in [0.2, 0.25) is 0 Å². The first kappa shape index (κ1) is 29.3. The van der Waals surface area contributed by atoms with Gasteiger partial charge in [0.05, 0.1) is 6.61 Å². The summed E-state index contributed by atoms with van der Waals surface area (Å²) in [6, 6.07) is 12.2. The lowest BCUT2D eigenvalue weighted by molar-refractivity contribution is -0.139. The first-order valence-corrected chi connectivity index (χ1v) is 13.2. The van der Waals surface area contributed by atoms with Gasteiger partial charge in [-0.3, -0.25) is 0 Å². The number of ether oxygens (including phenoxy) is 2. The Morgan fingerprint density at radius 3 is 2.76 bits per heavy atom. The molecule has 0 radical (unpaired) electrons. The number of pyridine rings is 1. The Morgan fingerprint density at radius 1 is 1.18 bits per heavy atom. The van der Waals surface area contributed by atoms with Crippen molar-refractivity contribution < 1.29 is 28.6 Å². The molecule has 0 saturated heterocycles. The number of aromatic nitrogens is 1. The number of hydrogen-bond donors (Lipinski definition) is 3. The van der Waals surface area contributed by atoms with E-state index in [1.54, 1.807) is 0 Å². The SMILES string of the molecule is COCC(F)CN(CCCCc1ccc2c(n1)NCCC2)CCC(NC(=O)OCc1ccccc1)C(=O)O. The van der Waals surface area contributed by atoms with Crippen molar-refractivity contribution >= 4 is 17.9 Å². The van der Waals surface area contributed by atoms with Gasteiger partial charge in [-0.1, -0.05) is 36.4 Å².